The van der Waals surface area contributed by atoms with Crippen LogP contribution in [-0.4, -0.2) is 43.4 Å². The van der Waals surface area contributed by atoms with Crippen LogP contribution in [-0.2, 0) is 9.30 Å². The van der Waals surface area contributed by atoms with Crippen LogP contribution >= 0.6 is 7.44 Å². The number of rotatable bonds is 3. The van der Waals surface area contributed by atoms with Gasteiger partial charge in [-0.1, -0.05) is 66.7 Å². The summed E-state index contributed by atoms with van der Waals surface area (Å²) in [5, 5.41) is 0. The Morgan fingerprint density at radius 3 is 2.19 bits per heavy atom. The maximum absolute atomic E-state index is 15.9. The van der Waals surface area contributed by atoms with Gasteiger partial charge in [-0.3, -0.25) is 4.67 Å². The molecule has 3 heterocycles. The van der Waals surface area contributed by atoms with E-state index in [9.17, 15) is 0 Å². The number of quaternary nitrogens is 1. The van der Waals surface area contributed by atoms with Crippen LogP contribution in [0.1, 0.15) is 18.3 Å². The van der Waals surface area contributed by atoms with Crippen LogP contribution in [0.15, 0.2) is 91.0 Å². The topological polar surface area (TPSA) is 32.8 Å². The SMILES string of the molecule is CC1COCC2N1C(c1ccccc1)P1(=O)N(c3ccccc3)CC[N+]21c1ccccc1. The second kappa shape index (κ2) is 7.57. The van der Waals surface area contributed by atoms with Crippen molar-refractivity contribution in [2.75, 3.05) is 31.0 Å². The third kappa shape index (κ3) is 2.60. The average molecular weight is 447 g/mol. The molecule has 0 radical (unpaired) electrons. The molecule has 3 aliphatic rings. The van der Waals surface area contributed by atoms with Crippen molar-refractivity contribution in [1.82, 2.24) is 9.15 Å². The van der Waals surface area contributed by atoms with Gasteiger partial charge in [0, 0.05) is 11.7 Å². The van der Waals surface area contributed by atoms with Crippen LogP contribution in [0, 0.1) is 0 Å². The molecule has 0 spiro atoms. The molecule has 3 aromatic rings. The van der Waals surface area contributed by atoms with Gasteiger partial charge in [0.1, 0.15) is 18.8 Å². The maximum Gasteiger partial charge on any atom is 0.373 e. The molecule has 5 nitrogen and oxygen atoms in total. The first-order valence-corrected chi connectivity index (χ1v) is 13.1. The molecule has 3 aromatic carbocycles. The molecular weight excluding hydrogens is 417 g/mol. The zero-order chi connectivity index (χ0) is 21.8. The van der Waals surface area contributed by atoms with Crippen LogP contribution in [0.25, 0.3) is 0 Å². The minimum atomic E-state index is -3.07. The number of hydrogen-bond donors (Lipinski definition) is 0. The zero-order valence-corrected chi connectivity index (χ0v) is 19.2. The van der Waals surface area contributed by atoms with Gasteiger partial charge in [-0.25, -0.2) is 13.7 Å². The normalized spacial score (nSPS) is 34.3. The minimum Gasteiger partial charge on any atom is -0.372 e. The Morgan fingerprint density at radius 1 is 0.875 bits per heavy atom. The van der Waals surface area contributed by atoms with Crippen molar-refractivity contribution in [3.05, 3.63) is 96.6 Å². The quantitative estimate of drug-likeness (QED) is 0.500. The van der Waals surface area contributed by atoms with Crippen LogP contribution < -0.4 is 8.92 Å². The number of ether oxygens (including phenoxy) is 1. The number of benzene rings is 3. The summed E-state index contributed by atoms with van der Waals surface area (Å²) in [7, 11) is -3.07. The van der Waals surface area contributed by atoms with Crippen LogP contribution in [0.3, 0.4) is 0 Å². The second-order valence-electron chi connectivity index (χ2n) is 9.03. The standard InChI is InChI=1S/C26H29N3O2P/c1-21-19-31-20-25-28(21)26(22-11-5-2-6-12-22)32(30)27(23-13-7-3-8-14-23)17-18-29(25,32)24-15-9-4-10-16-24/h2-16,21,25-26H,17-20H2,1H3/q+1. The van der Waals surface area contributed by atoms with E-state index in [0.717, 1.165) is 30.0 Å². The molecule has 3 aliphatic heterocycles. The van der Waals surface area contributed by atoms with Gasteiger partial charge < -0.3 is 4.74 Å². The molecule has 0 bridgehead atoms. The summed E-state index contributed by atoms with van der Waals surface area (Å²) in [5.41, 5.74) is 3.30. The Bertz CT molecular complexity index is 1140. The van der Waals surface area contributed by atoms with Crippen LogP contribution in [0.5, 0.6) is 0 Å². The van der Waals surface area contributed by atoms with Gasteiger partial charge in [0.15, 0.2) is 11.9 Å². The lowest BCUT2D eigenvalue weighted by Gasteiger charge is -2.42. The summed E-state index contributed by atoms with van der Waals surface area (Å²) in [4.78, 5) is 2.52. The van der Waals surface area contributed by atoms with Crippen molar-refractivity contribution >= 4 is 18.8 Å². The molecule has 0 saturated carbocycles. The van der Waals surface area contributed by atoms with Gasteiger partial charge in [0.25, 0.3) is 0 Å². The summed E-state index contributed by atoms with van der Waals surface area (Å²) >= 11 is 0. The van der Waals surface area contributed by atoms with E-state index >= 15 is 4.57 Å². The van der Waals surface area contributed by atoms with E-state index in [2.05, 4.69) is 77.2 Å². The molecule has 0 N–H and O–H groups in total. The molecule has 5 unspecified atom stereocenters. The van der Waals surface area contributed by atoms with Crippen LogP contribution in [0.4, 0.5) is 11.4 Å². The fourth-order valence-electron chi connectivity index (χ4n) is 6.16. The van der Waals surface area contributed by atoms with Gasteiger partial charge in [-0.15, -0.1) is 0 Å². The number of anilines is 1. The monoisotopic (exact) mass is 446 g/mol. The molecule has 6 heteroatoms. The van der Waals surface area contributed by atoms with Crippen molar-refractivity contribution in [3.63, 3.8) is 0 Å². The Morgan fingerprint density at radius 2 is 1.50 bits per heavy atom. The van der Waals surface area contributed by atoms with Crippen molar-refractivity contribution in [2.24, 2.45) is 0 Å². The number of morpholine rings is 1. The lowest BCUT2D eigenvalue weighted by Crippen LogP contribution is -2.60. The first-order chi connectivity index (χ1) is 15.7. The first kappa shape index (κ1) is 20.2. The number of fused-ring (bicyclic) bond motifs is 3. The van der Waals surface area contributed by atoms with E-state index < -0.39 is 7.44 Å². The molecule has 5 atom stereocenters. The summed E-state index contributed by atoms with van der Waals surface area (Å²) in [6.45, 7) is 5.04. The van der Waals surface area contributed by atoms with Crippen molar-refractivity contribution < 1.29 is 9.30 Å². The highest BCUT2D eigenvalue weighted by Gasteiger charge is 2.75. The van der Waals surface area contributed by atoms with E-state index in [4.69, 9.17) is 4.74 Å². The van der Waals surface area contributed by atoms with Gasteiger partial charge >= 0.3 is 7.44 Å². The zero-order valence-electron chi connectivity index (χ0n) is 18.3. The van der Waals surface area contributed by atoms with Crippen molar-refractivity contribution in [3.8, 4) is 0 Å². The molecule has 3 saturated heterocycles. The molecule has 164 valence electrons. The summed E-state index contributed by atoms with van der Waals surface area (Å²) < 4.78 is 24.7. The highest BCUT2D eigenvalue weighted by Crippen LogP contribution is 2.79. The Balaban J connectivity index is 1.65. The Labute approximate surface area is 189 Å². The molecule has 6 rings (SSSR count). The fraction of sp³-hybridized carbons (Fsp3) is 0.308. The van der Waals surface area contributed by atoms with Gasteiger partial charge in [0.2, 0.25) is 0 Å². The van der Waals surface area contributed by atoms with Gasteiger partial charge in [-0.05, 0) is 36.8 Å². The summed E-state index contributed by atoms with van der Waals surface area (Å²) in [6.07, 6.45) is 0.0194. The maximum atomic E-state index is 15.9. The second-order valence-corrected chi connectivity index (χ2v) is 11.9. The molecule has 0 amide bonds. The van der Waals surface area contributed by atoms with E-state index in [0.29, 0.717) is 17.5 Å². The Kier molecular flexibility index (Phi) is 4.78. The summed E-state index contributed by atoms with van der Waals surface area (Å²) in [5.74, 6) is -0.185. The molecule has 32 heavy (non-hydrogen) atoms. The van der Waals surface area contributed by atoms with Crippen molar-refractivity contribution in [1.29, 1.82) is 0 Å². The lowest BCUT2D eigenvalue weighted by atomic mass is 10.1. The summed E-state index contributed by atoms with van der Waals surface area (Å²) in [6, 6.07) is 31.5. The van der Waals surface area contributed by atoms with Crippen molar-refractivity contribution in [2.45, 2.75) is 24.9 Å². The van der Waals surface area contributed by atoms with E-state index in [1.807, 2.05) is 30.3 Å². The van der Waals surface area contributed by atoms with E-state index in [1.165, 1.54) is 0 Å². The smallest absolute Gasteiger partial charge is 0.372 e. The first-order valence-electron chi connectivity index (χ1n) is 11.4. The Hall–Kier alpha value is -2.43. The largest absolute Gasteiger partial charge is 0.373 e. The van der Waals surface area contributed by atoms with Gasteiger partial charge in [0.05, 0.1) is 13.2 Å². The number of hydrogen-bond acceptors (Lipinski definition) is 3. The molecule has 0 aliphatic carbocycles. The third-order valence-electron chi connectivity index (χ3n) is 7.44. The minimum absolute atomic E-state index is 0.0194. The third-order valence-corrected chi connectivity index (χ3v) is 11.5. The predicted molar refractivity (Wildman–Crippen MR) is 130 cm³/mol. The number of para-hydroxylation sites is 2. The highest BCUT2D eigenvalue weighted by molar-refractivity contribution is 7.66. The molecule has 3 fully saturated rings. The highest BCUT2D eigenvalue weighted by atomic mass is 31.2. The van der Waals surface area contributed by atoms with Crippen LogP contribution in [0.2, 0.25) is 0 Å². The number of nitrogens with zero attached hydrogens (tertiary/aromatic N) is 3. The van der Waals surface area contributed by atoms with E-state index in [-0.39, 0.29) is 18.0 Å². The average Bonchev–Trinajstić information content (AvgIpc) is 3.27. The molecule has 0 aromatic heterocycles. The van der Waals surface area contributed by atoms with E-state index in [1.54, 1.807) is 0 Å². The lowest BCUT2D eigenvalue weighted by molar-refractivity contribution is -0.0686. The molecular formula is C26H29N3O2P+. The fourth-order valence-corrected chi connectivity index (χ4v) is 10.7. The van der Waals surface area contributed by atoms with Gasteiger partial charge in [-0.2, -0.15) is 0 Å². The predicted octanol–water partition coefficient (Wildman–Crippen LogP) is 5.47.